The summed E-state index contributed by atoms with van der Waals surface area (Å²) in [5, 5.41) is 17.4. The molecule has 0 rings (SSSR count). The molecule has 312 valence electrons. The maximum atomic E-state index is 12.6. The first-order valence-corrected chi connectivity index (χ1v) is 20.1. The van der Waals surface area contributed by atoms with Crippen molar-refractivity contribution < 1.29 is 53.2 Å². The van der Waals surface area contributed by atoms with E-state index in [0.717, 1.165) is 62.7 Å². The fraction of sp³-hybridized carbons (Fsp3) is 0.811. The maximum absolute atomic E-state index is 12.6. The molecule has 2 amide bonds. The number of amides is 2. The SMILES string of the molecule is CCCCC(CC)C(=O)Cl.CCCCC(CC)C(=O)N(CC(=O)O)CC(=O)O.CCCCC(CC)C(=O)N(CC(=O)OCC)CC(=O)OCC.ClCCl. The highest BCUT2D eigenvalue weighted by Crippen LogP contribution is 2.18. The average Bonchev–Trinajstić information content (AvgIpc) is 3.09. The van der Waals surface area contributed by atoms with Crippen LogP contribution in [-0.4, -0.2) is 106 Å². The van der Waals surface area contributed by atoms with Crippen molar-refractivity contribution in [2.24, 2.45) is 17.8 Å². The van der Waals surface area contributed by atoms with Gasteiger partial charge in [0.1, 0.15) is 26.2 Å². The fourth-order valence-corrected chi connectivity index (χ4v) is 5.09. The molecule has 0 saturated heterocycles. The Morgan fingerprint density at radius 1 is 0.528 bits per heavy atom. The van der Waals surface area contributed by atoms with Crippen LogP contribution in [0.25, 0.3) is 0 Å². The molecule has 3 unspecified atom stereocenters. The third-order valence-electron chi connectivity index (χ3n) is 7.74. The molecular formula is C37H67Cl3N2O11. The monoisotopic (exact) mass is 820 g/mol. The van der Waals surface area contributed by atoms with Gasteiger partial charge in [0.05, 0.1) is 18.6 Å². The number of hydrogen-bond donors (Lipinski definition) is 2. The number of nitrogens with zero attached hydrogens (tertiary/aromatic N) is 2. The van der Waals surface area contributed by atoms with E-state index >= 15 is 0 Å². The molecular weight excluding hydrogens is 755 g/mol. The Bertz CT molecular complexity index is 983. The fourth-order valence-electron chi connectivity index (χ4n) is 4.83. The first-order chi connectivity index (χ1) is 25.0. The number of hydrogen-bond acceptors (Lipinski definition) is 9. The van der Waals surface area contributed by atoms with Crippen LogP contribution in [0.2, 0.25) is 0 Å². The number of aliphatic carboxylic acids is 2. The van der Waals surface area contributed by atoms with Gasteiger partial charge in [0.25, 0.3) is 0 Å². The van der Waals surface area contributed by atoms with Crippen LogP contribution < -0.4 is 0 Å². The van der Waals surface area contributed by atoms with Crippen molar-refractivity contribution >= 4 is 75.7 Å². The predicted molar refractivity (Wildman–Crippen MR) is 209 cm³/mol. The van der Waals surface area contributed by atoms with Crippen molar-refractivity contribution in [3.63, 3.8) is 0 Å². The van der Waals surface area contributed by atoms with E-state index in [4.69, 9.17) is 54.5 Å². The Kier molecular flexibility index (Phi) is 42.1. The molecule has 0 radical (unpaired) electrons. The van der Waals surface area contributed by atoms with Crippen LogP contribution in [-0.2, 0) is 43.0 Å². The van der Waals surface area contributed by atoms with E-state index in [1.807, 2.05) is 27.7 Å². The molecule has 0 fully saturated rings. The second-order valence-electron chi connectivity index (χ2n) is 11.9. The van der Waals surface area contributed by atoms with E-state index in [2.05, 4.69) is 13.8 Å². The highest BCUT2D eigenvalue weighted by molar-refractivity contribution is 6.63. The summed E-state index contributed by atoms with van der Waals surface area (Å²) in [7, 11) is 0. The Hall–Kier alpha value is -2.64. The summed E-state index contributed by atoms with van der Waals surface area (Å²) in [4.78, 5) is 82.0. The number of carboxylic acids is 2. The summed E-state index contributed by atoms with van der Waals surface area (Å²) in [6.07, 6.45) is 10.5. The molecule has 0 bridgehead atoms. The average molecular weight is 822 g/mol. The van der Waals surface area contributed by atoms with E-state index in [1.54, 1.807) is 13.8 Å². The molecule has 2 N–H and O–H groups in total. The highest BCUT2D eigenvalue weighted by atomic mass is 35.5. The van der Waals surface area contributed by atoms with Gasteiger partial charge in [-0.15, -0.1) is 23.2 Å². The number of alkyl halides is 2. The lowest BCUT2D eigenvalue weighted by molar-refractivity contribution is -0.155. The van der Waals surface area contributed by atoms with Crippen LogP contribution in [0.3, 0.4) is 0 Å². The summed E-state index contributed by atoms with van der Waals surface area (Å²) in [6.45, 7) is 14.3. The topological polar surface area (TPSA) is 185 Å². The minimum absolute atomic E-state index is 0.0987. The maximum Gasteiger partial charge on any atom is 0.325 e. The molecule has 0 saturated carbocycles. The molecule has 0 aromatic heterocycles. The predicted octanol–water partition coefficient (Wildman–Crippen LogP) is 7.75. The second-order valence-corrected chi connectivity index (χ2v) is 13.1. The molecule has 0 aromatic carbocycles. The van der Waals surface area contributed by atoms with Gasteiger partial charge in [-0.05, 0) is 64.0 Å². The van der Waals surface area contributed by atoms with Crippen molar-refractivity contribution in [1.29, 1.82) is 0 Å². The lowest BCUT2D eigenvalue weighted by Crippen LogP contribution is -2.43. The van der Waals surface area contributed by atoms with Gasteiger partial charge in [-0.1, -0.05) is 80.1 Å². The van der Waals surface area contributed by atoms with E-state index < -0.39 is 37.0 Å². The van der Waals surface area contributed by atoms with E-state index in [1.165, 1.54) is 4.90 Å². The van der Waals surface area contributed by atoms with Crippen LogP contribution in [0.1, 0.15) is 132 Å². The molecule has 16 heteroatoms. The summed E-state index contributed by atoms with van der Waals surface area (Å²) < 4.78 is 9.75. The second kappa shape index (κ2) is 39.1. The summed E-state index contributed by atoms with van der Waals surface area (Å²) in [5.74, 6) is -4.34. The van der Waals surface area contributed by atoms with Gasteiger partial charge in [-0.3, -0.25) is 33.6 Å². The summed E-state index contributed by atoms with van der Waals surface area (Å²) in [6, 6.07) is 0. The van der Waals surface area contributed by atoms with Crippen molar-refractivity contribution in [3.05, 3.63) is 0 Å². The van der Waals surface area contributed by atoms with Gasteiger partial charge in [-0.2, -0.15) is 0 Å². The standard InChI is InChI=1S/C16H29NO5.C12H21NO5.C8H15ClO.CH2Cl2/c1-5-9-10-13(6-2)16(20)17(11-14(18)21-7-3)12-15(19)22-8-4;1-3-5-6-9(4-2)12(18)13(7-10(14)15)8-11(16)17;1-3-5-6-7(4-2)8(9)10;2-1-3/h13H,5-12H2,1-4H3;9H,3-8H2,1-2H3,(H,14,15)(H,16,17);7H,3-6H2,1-2H3;1H2. The van der Waals surface area contributed by atoms with Crippen LogP contribution in [0.5, 0.6) is 0 Å². The summed E-state index contributed by atoms with van der Waals surface area (Å²) >= 11 is 14.9. The van der Waals surface area contributed by atoms with Crippen LogP contribution >= 0.6 is 34.8 Å². The Morgan fingerprint density at radius 2 is 0.811 bits per heavy atom. The molecule has 0 aliphatic carbocycles. The van der Waals surface area contributed by atoms with Gasteiger partial charge in [-0.25, -0.2) is 0 Å². The molecule has 13 nitrogen and oxygen atoms in total. The third-order valence-corrected chi connectivity index (χ3v) is 8.05. The normalized spacial score (nSPS) is 11.7. The van der Waals surface area contributed by atoms with Crippen LogP contribution in [0.15, 0.2) is 0 Å². The van der Waals surface area contributed by atoms with Gasteiger partial charge < -0.3 is 29.5 Å². The Balaban J connectivity index is -0.000000346. The minimum Gasteiger partial charge on any atom is -0.480 e. The number of carbonyl (C=O) groups is 7. The number of rotatable bonds is 25. The number of carbonyl (C=O) groups excluding carboxylic acids is 5. The zero-order chi connectivity index (χ0) is 41.8. The largest absolute Gasteiger partial charge is 0.480 e. The number of carboxylic acid groups (broad SMARTS) is 2. The third kappa shape index (κ3) is 33.6. The zero-order valence-corrected chi connectivity index (χ0v) is 35.5. The minimum atomic E-state index is -1.20. The van der Waals surface area contributed by atoms with Gasteiger partial charge in [0.2, 0.25) is 17.1 Å². The molecule has 0 aliphatic rings. The van der Waals surface area contributed by atoms with Gasteiger partial charge >= 0.3 is 23.9 Å². The lowest BCUT2D eigenvalue weighted by atomic mass is 9.97. The highest BCUT2D eigenvalue weighted by Gasteiger charge is 2.27. The molecule has 0 aliphatic heterocycles. The summed E-state index contributed by atoms with van der Waals surface area (Å²) in [5.41, 5.74) is 0. The van der Waals surface area contributed by atoms with Crippen molar-refractivity contribution in [2.45, 2.75) is 132 Å². The number of ether oxygens (including phenoxy) is 2. The molecule has 3 atom stereocenters. The molecule has 0 aromatic rings. The number of unbranched alkanes of at least 4 members (excludes halogenated alkanes) is 3. The van der Waals surface area contributed by atoms with E-state index in [-0.39, 0.29) is 66.5 Å². The molecule has 0 heterocycles. The number of esters is 2. The molecule has 53 heavy (non-hydrogen) atoms. The first-order valence-electron chi connectivity index (χ1n) is 18.7. The van der Waals surface area contributed by atoms with E-state index in [0.29, 0.717) is 19.3 Å². The van der Waals surface area contributed by atoms with Crippen LogP contribution in [0.4, 0.5) is 0 Å². The first kappa shape index (κ1) is 57.1. The smallest absolute Gasteiger partial charge is 0.325 e. The van der Waals surface area contributed by atoms with Crippen molar-refractivity contribution in [3.8, 4) is 0 Å². The Morgan fingerprint density at radius 3 is 1.04 bits per heavy atom. The van der Waals surface area contributed by atoms with Crippen molar-refractivity contribution in [2.75, 3.05) is 44.7 Å². The number of halogens is 3. The zero-order valence-electron chi connectivity index (χ0n) is 33.3. The lowest BCUT2D eigenvalue weighted by Gasteiger charge is -2.25. The van der Waals surface area contributed by atoms with Gasteiger partial charge in [0, 0.05) is 17.8 Å². The quantitative estimate of drug-likeness (QED) is 0.0521. The molecule has 0 spiro atoms. The van der Waals surface area contributed by atoms with Crippen molar-refractivity contribution in [1.82, 2.24) is 9.80 Å². The van der Waals surface area contributed by atoms with E-state index in [9.17, 15) is 33.6 Å². The van der Waals surface area contributed by atoms with Gasteiger partial charge in [0.15, 0.2) is 0 Å². The van der Waals surface area contributed by atoms with Crippen LogP contribution in [0, 0.1) is 17.8 Å². The Labute approximate surface area is 332 Å².